The van der Waals surface area contributed by atoms with Crippen molar-refractivity contribution in [2.45, 2.75) is 50.5 Å². The average molecular weight is 412 g/mol. The number of rotatable bonds is 4. The molecular weight excluding hydrogens is 386 g/mol. The molecule has 1 aliphatic heterocycles. The lowest BCUT2D eigenvalue weighted by molar-refractivity contribution is 0.503. The number of anilines is 1. The number of hydrogen-bond acceptors (Lipinski definition) is 5. The molecule has 0 radical (unpaired) electrons. The number of sulfone groups is 1. The lowest BCUT2D eigenvalue weighted by atomic mass is 9.87. The molecule has 1 unspecified atom stereocenters. The highest BCUT2D eigenvalue weighted by molar-refractivity contribution is 7.92. The number of nitrogens with one attached hydrogen (secondary N) is 1. The molecule has 1 aromatic carbocycles. The summed E-state index contributed by atoms with van der Waals surface area (Å²) in [7, 11) is -6.91. The zero-order valence-electron chi connectivity index (χ0n) is 15.9. The molecule has 0 saturated carbocycles. The highest BCUT2D eigenvalue weighted by Gasteiger charge is 2.32. The summed E-state index contributed by atoms with van der Waals surface area (Å²) in [5.74, 6) is 0.356. The van der Waals surface area contributed by atoms with E-state index in [1.165, 1.54) is 4.68 Å². The van der Waals surface area contributed by atoms with Crippen LogP contribution in [0, 0.1) is 6.92 Å². The van der Waals surface area contributed by atoms with Gasteiger partial charge in [0.25, 0.3) is 10.0 Å². The molecule has 0 bridgehead atoms. The van der Waals surface area contributed by atoms with Crippen LogP contribution in [0.3, 0.4) is 0 Å². The number of benzene rings is 1. The quantitative estimate of drug-likeness (QED) is 0.834. The molecule has 1 N–H and O–H groups in total. The number of sulfonamides is 1. The van der Waals surface area contributed by atoms with Gasteiger partial charge in [0.15, 0.2) is 9.84 Å². The maximum Gasteiger partial charge on any atom is 0.263 e. The zero-order valence-corrected chi connectivity index (χ0v) is 17.6. The molecule has 3 rings (SSSR count). The number of aryl methyl sites for hydroxylation is 1. The molecule has 27 heavy (non-hydrogen) atoms. The molecule has 1 atom stereocenters. The number of hydrogen-bond donors (Lipinski definition) is 1. The van der Waals surface area contributed by atoms with Gasteiger partial charge < -0.3 is 0 Å². The lowest BCUT2D eigenvalue weighted by Crippen LogP contribution is -2.20. The van der Waals surface area contributed by atoms with Crippen LogP contribution >= 0.6 is 0 Å². The summed E-state index contributed by atoms with van der Waals surface area (Å²) in [5.41, 5.74) is 1.60. The van der Waals surface area contributed by atoms with Crippen molar-refractivity contribution < 1.29 is 16.8 Å². The topological polar surface area (TPSA) is 98.1 Å². The Kier molecular flexibility index (Phi) is 4.88. The Morgan fingerprint density at radius 1 is 1.19 bits per heavy atom. The maximum absolute atomic E-state index is 12.8. The smallest absolute Gasteiger partial charge is 0.263 e. The van der Waals surface area contributed by atoms with E-state index in [1.54, 1.807) is 37.3 Å². The largest absolute Gasteiger partial charge is 0.264 e. The first-order chi connectivity index (χ1) is 12.4. The minimum Gasteiger partial charge on any atom is -0.264 e. The van der Waals surface area contributed by atoms with E-state index < -0.39 is 19.9 Å². The standard InChI is InChI=1S/C18H25N3O4S2/c1-13-11-17(21(19-13)15-9-10-26(22,23)12-15)20-27(24,25)16-7-5-14(6-8-16)18(2,3)4/h5-8,11,15,20H,9-10,12H2,1-4H3. The van der Waals surface area contributed by atoms with Crippen molar-refractivity contribution in [3.8, 4) is 0 Å². The van der Waals surface area contributed by atoms with Crippen LogP contribution in [0.1, 0.15) is 44.5 Å². The summed E-state index contributed by atoms with van der Waals surface area (Å²) in [5, 5.41) is 4.31. The molecular formula is C18H25N3O4S2. The summed E-state index contributed by atoms with van der Waals surface area (Å²) in [6, 6.07) is 8.03. The van der Waals surface area contributed by atoms with Crippen LogP contribution < -0.4 is 4.72 Å². The van der Waals surface area contributed by atoms with Crippen LogP contribution in [0.15, 0.2) is 35.2 Å². The summed E-state index contributed by atoms with van der Waals surface area (Å²) in [6.45, 7) is 7.93. The van der Waals surface area contributed by atoms with Gasteiger partial charge >= 0.3 is 0 Å². The van der Waals surface area contributed by atoms with E-state index >= 15 is 0 Å². The lowest BCUT2D eigenvalue weighted by Gasteiger charge is -2.19. The molecule has 1 aliphatic rings. The first kappa shape index (κ1) is 19.9. The predicted octanol–water partition coefficient (Wildman–Crippen LogP) is 2.65. The maximum atomic E-state index is 12.8. The van der Waals surface area contributed by atoms with Gasteiger partial charge in [0, 0.05) is 6.07 Å². The fourth-order valence-corrected chi connectivity index (χ4v) is 5.90. The van der Waals surface area contributed by atoms with Gasteiger partial charge in [-0.3, -0.25) is 4.72 Å². The van der Waals surface area contributed by atoms with E-state index in [0.29, 0.717) is 12.1 Å². The fraction of sp³-hybridized carbons (Fsp3) is 0.500. The highest BCUT2D eigenvalue weighted by atomic mass is 32.2. The van der Waals surface area contributed by atoms with E-state index in [0.717, 1.165) is 5.56 Å². The van der Waals surface area contributed by atoms with Gasteiger partial charge in [0.05, 0.1) is 28.1 Å². The minimum absolute atomic E-state index is 0.0247. The molecule has 9 heteroatoms. The summed E-state index contributed by atoms with van der Waals surface area (Å²) >= 11 is 0. The van der Waals surface area contributed by atoms with Crippen LogP contribution in [0.2, 0.25) is 0 Å². The molecule has 148 valence electrons. The van der Waals surface area contributed by atoms with Crippen molar-refractivity contribution in [2.24, 2.45) is 0 Å². The van der Waals surface area contributed by atoms with Gasteiger partial charge in [-0.15, -0.1) is 0 Å². The predicted molar refractivity (Wildman–Crippen MR) is 105 cm³/mol. The Labute approximate surface area is 160 Å². The average Bonchev–Trinajstić information content (AvgIpc) is 3.08. The molecule has 2 heterocycles. The van der Waals surface area contributed by atoms with E-state index in [-0.39, 0.29) is 33.7 Å². The Morgan fingerprint density at radius 2 is 1.81 bits per heavy atom. The van der Waals surface area contributed by atoms with Crippen molar-refractivity contribution >= 4 is 25.7 Å². The van der Waals surface area contributed by atoms with Crippen molar-refractivity contribution in [3.63, 3.8) is 0 Å². The third-order valence-corrected chi connectivity index (χ3v) is 7.80. The second-order valence-corrected chi connectivity index (χ2v) is 12.0. The second kappa shape index (κ2) is 6.63. The zero-order chi connectivity index (χ0) is 20.0. The molecule has 1 saturated heterocycles. The van der Waals surface area contributed by atoms with Gasteiger partial charge in [-0.2, -0.15) is 5.10 Å². The summed E-state index contributed by atoms with van der Waals surface area (Å²) < 4.78 is 53.2. The SMILES string of the molecule is Cc1cc(NS(=O)(=O)c2ccc(C(C)(C)C)cc2)n(C2CCS(=O)(=O)C2)n1. The molecule has 7 nitrogen and oxygen atoms in total. The van der Waals surface area contributed by atoms with Crippen LogP contribution in [0.5, 0.6) is 0 Å². The number of aromatic nitrogens is 2. The molecule has 0 aliphatic carbocycles. The third-order valence-electron chi connectivity index (χ3n) is 4.68. The Morgan fingerprint density at radius 3 is 2.33 bits per heavy atom. The van der Waals surface area contributed by atoms with Crippen molar-refractivity contribution in [2.75, 3.05) is 16.2 Å². The van der Waals surface area contributed by atoms with Gasteiger partial charge in [0.1, 0.15) is 5.82 Å². The van der Waals surface area contributed by atoms with Crippen LogP contribution in [0.25, 0.3) is 0 Å². The van der Waals surface area contributed by atoms with Crippen LogP contribution in [-0.2, 0) is 25.3 Å². The van der Waals surface area contributed by atoms with E-state index in [1.807, 2.05) is 0 Å². The van der Waals surface area contributed by atoms with Gasteiger partial charge in [0.2, 0.25) is 0 Å². The monoisotopic (exact) mass is 411 g/mol. The van der Waals surface area contributed by atoms with Crippen LogP contribution in [0.4, 0.5) is 5.82 Å². The summed E-state index contributed by atoms with van der Waals surface area (Å²) in [6.07, 6.45) is 0.429. The molecule has 1 aromatic heterocycles. The van der Waals surface area contributed by atoms with Crippen molar-refractivity contribution in [1.82, 2.24) is 9.78 Å². The second-order valence-electron chi connectivity index (χ2n) is 8.05. The van der Waals surface area contributed by atoms with Crippen molar-refractivity contribution in [3.05, 3.63) is 41.6 Å². The van der Waals surface area contributed by atoms with Crippen molar-refractivity contribution in [1.29, 1.82) is 0 Å². The van der Waals surface area contributed by atoms with Gasteiger partial charge in [-0.1, -0.05) is 32.9 Å². The third kappa shape index (κ3) is 4.35. The first-order valence-electron chi connectivity index (χ1n) is 8.77. The summed E-state index contributed by atoms with van der Waals surface area (Å²) in [4.78, 5) is 0.153. The Hall–Kier alpha value is -1.87. The van der Waals surface area contributed by atoms with E-state index in [9.17, 15) is 16.8 Å². The van der Waals surface area contributed by atoms with Gasteiger partial charge in [-0.25, -0.2) is 21.5 Å². The fourth-order valence-electron chi connectivity index (χ4n) is 3.17. The highest BCUT2D eigenvalue weighted by Crippen LogP contribution is 2.29. The van der Waals surface area contributed by atoms with Crippen LogP contribution in [-0.4, -0.2) is 38.1 Å². The first-order valence-corrected chi connectivity index (χ1v) is 12.1. The van der Waals surface area contributed by atoms with E-state index in [2.05, 4.69) is 30.6 Å². The Balaban J connectivity index is 1.89. The minimum atomic E-state index is -3.80. The van der Waals surface area contributed by atoms with E-state index in [4.69, 9.17) is 0 Å². The molecule has 1 fully saturated rings. The number of nitrogens with zero attached hydrogens (tertiary/aromatic N) is 2. The normalized spacial score (nSPS) is 19.9. The molecule has 2 aromatic rings. The Bertz CT molecular complexity index is 1050. The van der Waals surface area contributed by atoms with Gasteiger partial charge in [-0.05, 0) is 36.5 Å². The molecule has 0 amide bonds. The molecule has 0 spiro atoms.